The van der Waals surface area contributed by atoms with Gasteiger partial charge in [0.05, 0.1) is 23.0 Å². The first-order valence-electron chi connectivity index (χ1n) is 7.81. The van der Waals surface area contributed by atoms with Gasteiger partial charge < -0.3 is 15.1 Å². The number of hydrogen-bond donors (Lipinski definition) is 2. The number of thiazole rings is 1. The fourth-order valence-corrected chi connectivity index (χ4v) is 3.61. The van der Waals surface area contributed by atoms with Crippen molar-refractivity contribution >= 4 is 44.6 Å². The van der Waals surface area contributed by atoms with Crippen molar-refractivity contribution in [1.82, 2.24) is 10.3 Å². The Balaban J connectivity index is 1.42. The summed E-state index contributed by atoms with van der Waals surface area (Å²) in [6.07, 6.45) is 1.65. The summed E-state index contributed by atoms with van der Waals surface area (Å²) in [5.74, 6) is 0.843. The van der Waals surface area contributed by atoms with Crippen molar-refractivity contribution in [2.75, 3.05) is 5.32 Å². The maximum Gasteiger partial charge on any atom is 0.171 e. The van der Waals surface area contributed by atoms with Crippen molar-refractivity contribution in [3.05, 3.63) is 72.7 Å². The number of thiocarbonyl (C=S) groups is 1. The largest absolute Gasteiger partial charge is 0.467 e. The molecule has 4 rings (SSSR count). The molecular weight excluding hydrogens is 350 g/mol. The highest BCUT2D eigenvalue weighted by atomic mass is 32.1. The van der Waals surface area contributed by atoms with Gasteiger partial charge in [0.15, 0.2) is 5.11 Å². The molecule has 0 aliphatic rings. The van der Waals surface area contributed by atoms with Crippen LogP contribution in [0.4, 0.5) is 5.69 Å². The van der Waals surface area contributed by atoms with Crippen molar-refractivity contribution in [2.45, 2.75) is 6.54 Å². The SMILES string of the molecule is S=C(NCc1ccco1)Nc1ccc(-c2nc3ccccc3s2)cc1. The molecule has 4 aromatic rings. The van der Waals surface area contributed by atoms with Crippen molar-refractivity contribution < 1.29 is 4.42 Å². The van der Waals surface area contributed by atoms with Crippen LogP contribution >= 0.6 is 23.6 Å². The van der Waals surface area contributed by atoms with E-state index in [0.717, 1.165) is 27.5 Å². The number of hydrogen-bond acceptors (Lipinski definition) is 4. The number of anilines is 1. The first-order chi connectivity index (χ1) is 12.3. The Bertz CT molecular complexity index is 958. The maximum absolute atomic E-state index is 5.30. The second-order valence-electron chi connectivity index (χ2n) is 5.45. The number of furan rings is 1. The van der Waals surface area contributed by atoms with Crippen LogP contribution in [0.3, 0.4) is 0 Å². The molecule has 0 radical (unpaired) electrons. The van der Waals surface area contributed by atoms with Gasteiger partial charge in [-0.15, -0.1) is 11.3 Å². The van der Waals surface area contributed by atoms with Gasteiger partial charge in [-0.1, -0.05) is 12.1 Å². The van der Waals surface area contributed by atoms with Crippen LogP contribution in [-0.2, 0) is 6.54 Å². The average molecular weight is 365 g/mol. The van der Waals surface area contributed by atoms with Gasteiger partial charge in [-0.25, -0.2) is 4.98 Å². The first-order valence-corrected chi connectivity index (χ1v) is 9.04. The normalized spacial score (nSPS) is 10.7. The Morgan fingerprint density at radius 1 is 1.04 bits per heavy atom. The van der Waals surface area contributed by atoms with Crippen LogP contribution < -0.4 is 10.6 Å². The lowest BCUT2D eigenvalue weighted by molar-refractivity contribution is 0.503. The fourth-order valence-electron chi connectivity index (χ4n) is 2.45. The van der Waals surface area contributed by atoms with Crippen molar-refractivity contribution in [2.24, 2.45) is 0 Å². The van der Waals surface area contributed by atoms with Crippen molar-refractivity contribution in [3.63, 3.8) is 0 Å². The molecule has 124 valence electrons. The van der Waals surface area contributed by atoms with E-state index in [1.54, 1.807) is 17.6 Å². The Kier molecular flexibility index (Phi) is 4.45. The zero-order chi connectivity index (χ0) is 17.1. The number of nitrogens with one attached hydrogen (secondary N) is 2. The maximum atomic E-state index is 5.30. The zero-order valence-electron chi connectivity index (χ0n) is 13.2. The lowest BCUT2D eigenvalue weighted by atomic mass is 10.2. The number of para-hydroxylation sites is 1. The van der Waals surface area contributed by atoms with Gasteiger partial charge in [0.1, 0.15) is 10.8 Å². The minimum absolute atomic E-state index is 0.558. The summed E-state index contributed by atoms with van der Waals surface area (Å²) in [6, 6.07) is 20.0. The average Bonchev–Trinajstić information content (AvgIpc) is 3.30. The number of fused-ring (bicyclic) bond motifs is 1. The number of benzene rings is 2. The molecule has 0 atom stereocenters. The molecule has 0 amide bonds. The molecule has 0 spiro atoms. The summed E-state index contributed by atoms with van der Waals surface area (Å²) in [5, 5.41) is 7.86. The molecule has 0 saturated heterocycles. The highest BCUT2D eigenvalue weighted by Gasteiger charge is 2.06. The second kappa shape index (κ2) is 7.04. The lowest BCUT2D eigenvalue weighted by Gasteiger charge is -2.09. The summed E-state index contributed by atoms with van der Waals surface area (Å²) in [4.78, 5) is 4.68. The van der Waals surface area contributed by atoms with Gasteiger partial charge in [0, 0.05) is 11.3 Å². The molecule has 2 heterocycles. The third kappa shape index (κ3) is 3.70. The summed E-state index contributed by atoms with van der Waals surface area (Å²) in [6.45, 7) is 0.558. The molecule has 2 aromatic carbocycles. The van der Waals surface area contributed by atoms with Crippen LogP contribution in [0, 0.1) is 0 Å². The van der Waals surface area contributed by atoms with E-state index in [-0.39, 0.29) is 0 Å². The lowest BCUT2D eigenvalue weighted by Crippen LogP contribution is -2.27. The fraction of sp³-hybridized carbons (Fsp3) is 0.0526. The van der Waals surface area contributed by atoms with Crippen LogP contribution in [0.25, 0.3) is 20.8 Å². The van der Waals surface area contributed by atoms with Crippen LogP contribution in [0.15, 0.2) is 71.3 Å². The van der Waals surface area contributed by atoms with Crippen LogP contribution in [0.5, 0.6) is 0 Å². The monoisotopic (exact) mass is 365 g/mol. The summed E-state index contributed by atoms with van der Waals surface area (Å²) in [5.41, 5.74) is 3.07. The second-order valence-corrected chi connectivity index (χ2v) is 6.89. The number of aromatic nitrogens is 1. The summed E-state index contributed by atoms with van der Waals surface area (Å²) >= 11 is 7.00. The van der Waals surface area contributed by atoms with E-state index in [1.807, 2.05) is 42.5 Å². The van der Waals surface area contributed by atoms with Gasteiger partial charge in [-0.2, -0.15) is 0 Å². The molecule has 0 fully saturated rings. The number of nitrogens with zero attached hydrogens (tertiary/aromatic N) is 1. The van der Waals surface area contributed by atoms with Gasteiger partial charge in [-0.05, 0) is 60.7 Å². The van der Waals surface area contributed by atoms with E-state index >= 15 is 0 Å². The molecule has 4 nitrogen and oxygen atoms in total. The van der Waals surface area contributed by atoms with Gasteiger partial charge in [0.2, 0.25) is 0 Å². The summed E-state index contributed by atoms with van der Waals surface area (Å²) < 4.78 is 6.47. The zero-order valence-corrected chi connectivity index (χ0v) is 14.9. The van der Waals surface area contributed by atoms with Crippen molar-refractivity contribution in [3.8, 4) is 10.6 Å². The summed E-state index contributed by atoms with van der Waals surface area (Å²) in [7, 11) is 0. The molecule has 6 heteroatoms. The van der Waals surface area contributed by atoms with Crippen molar-refractivity contribution in [1.29, 1.82) is 0 Å². The molecule has 0 aliphatic carbocycles. The molecule has 2 aromatic heterocycles. The minimum Gasteiger partial charge on any atom is -0.467 e. The van der Waals surface area contributed by atoms with E-state index in [1.165, 1.54) is 4.70 Å². The smallest absolute Gasteiger partial charge is 0.171 e. The van der Waals surface area contributed by atoms with E-state index in [2.05, 4.69) is 33.8 Å². The van der Waals surface area contributed by atoms with Gasteiger partial charge >= 0.3 is 0 Å². The van der Waals surface area contributed by atoms with Gasteiger partial charge in [-0.3, -0.25) is 0 Å². The Morgan fingerprint density at radius 3 is 2.64 bits per heavy atom. The van der Waals surface area contributed by atoms with Gasteiger partial charge in [0.25, 0.3) is 0 Å². The predicted molar refractivity (Wildman–Crippen MR) is 107 cm³/mol. The molecule has 2 N–H and O–H groups in total. The first kappa shape index (κ1) is 15.8. The minimum atomic E-state index is 0.558. The van der Waals surface area contributed by atoms with Crippen LogP contribution in [0.2, 0.25) is 0 Å². The molecule has 25 heavy (non-hydrogen) atoms. The Labute approximate surface area is 154 Å². The molecule has 0 saturated carbocycles. The van der Waals surface area contributed by atoms with Crippen LogP contribution in [-0.4, -0.2) is 10.1 Å². The third-order valence-electron chi connectivity index (χ3n) is 3.69. The molecule has 0 unspecified atom stereocenters. The highest BCUT2D eigenvalue weighted by molar-refractivity contribution is 7.80. The molecule has 0 bridgehead atoms. The molecule has 0 aliphatic heterocycles. The topological polar surface area (TPSA) is 50.1 Å². The quantitative estimate of drug-likeness (QED) is 0.496. The standard InChI is InChI=1S/C19H15N3OS2/c24-19(20-12-15-4-3-11-23-15)21-14-9-7-13(8-10-14)18-22-16-5-1-2-6-17(16)25-18/h1-11H,12H2,(H2,20,21,24). The third-order valence-corrected chi connectivity index (χ3v) is 5.02. The van der Waals surface area contributed by atoms with E-state index in [9.17, 15) is 0 Å². The predicted octanol–water partition coefficient (Wildman–Crippen LogP) is 5.04. The Hall–Kier alpha value is -2.70. The highest BCUT2D eigenvalue weighted by Crippen LogP contribution is 2.30. The number of rotatable bonds is 4. The molecular formula is C19H15N3OS2. The van der Waals surface area contributed by atoms with E-state index < -0.39 is 0 Å². The Morgan fingerprint density at radius 2 is 1.88 bits per heavy atom. The van der Waals surface area contributed by atoms with E-state index in [4.69, 9.17) is 16.6 Å². The van der Waals surface area contributed by atoms with E-state index in [0.29, 0.717) is 11.7 Å². The van der Waals surface area contributed by atoms with Crippen LogP contribution in [0.1, 0.15) is 5.76 Å².